The van der Waals surface area contributed by atoms with Gasteiger partial charge in [-0.2, -0.15) is 0 Å². The number of hydrogen-bond donors (Lipinski definition) is 1. The van der Waals surface area contributed by atoms with Crippen molar-refractivity contribution in [2.24, 2.45) is 23.5 Å². The Labute approximate surface area is 249 Å². The lowest BCUT2D eigenvalue weighted by Crippen LogP contribution is -2.53. The molecule has 0 aromatic heterocycles. The fraction of sp³-hybridized carbons (Fsp3) is 0.677. The molecule has 0 aliphatic rings. The molecule has 0 heterocycles. The second kappa shape index (κ2) is 18.3. The molecule has 0 saturated heterocycles. The van der Waals surface area contributed by atoms with Crippen molar-refractivity contribution >= 4 is 24.2 Å². The third-order valence-corrected chi connectivity index (χ3v) is 6.96. The maximum atomic E-state index is 12.8. The third kappa shape index (κ3) is 12.7. The monoisotopic (exact) mass is 595 g/mol. The van der Waals surface area contributed by atoms with E-state index in [2.05, 4.69) is 0 Å². The van der Waals surface area contributed by atoms with Gasteiger partial charge in [-0.25, -0.2) is 9.59 Å². The van der Waals surface area contributed by atoms with E-state index in [0.29, 0.717) is 12.0 Å². The molecule has 0 aliphatic carbocycles. The number of nitrogens with two attached hydrogens (primary N) is 1. The highest BCUT2D eigenvalue weighted by Gasteiger charge is 2.38. The van der Waals surface area contributed by atoms with Crippen LogP contribution < -0.4 is 15.2 Å². The Balaban J connectivity index is 3.23. The molecule has 0 fully saturated rings. The summed E-state index contributed by atoms with van der Waals surface area (Å²) in [7, 11) is 1.22. The van der Waals surface area contributed by atoms with Crippen molar-refractivity contribution < 1.29 is 47.6 Å². The molecule has 0 amide bonds. The summed E-state index contributed by atoms with van der Waals surface area (Å²) >= 11 is 0. The van der Waals surface area contributed by atoms with Gasteiger partial charge in [0.1, 0.15) is 11.6 Å². The maximum absolute atomic E-state index is 12.8. The molecule has 5 atom stereocenters. The van der Waals surface area contributed by atoms with Crippen molar-refractivity contribution in [1.82, 2.24) is 0 Å². The first-order valence-electron chi connectivity index (χ1n) is 14.7. The SMILES string of the molecule is CCCC(C)C(=O)OC(C)C[C@@](N)(Cc1ccc(OC(=O)OCC(C)CC)c(OC(=O)OCC(C)CC)c1)C(=O)OC. The highest BCUT2D eigenvalue weighted by molar-refractivity contribution is 5.81. The summed E-state index contributed by atoms with van der Waals surface area (Å²) in [5.41, 5.74) is 5.41. The van der Waals surface area contributed by atoms with Crippen molar-refractivity contribution in [2.45, 2.75) is 98.6 Å². The predicted octanol–water partition coefficient (Wildman–Crippen LogP) is 5.98. The van der Waals surface area contributed by atoms with Crippen LogP contribution in [0.2, 0.25) is 0 Å². The van der Waals surface area contributed by atoms with Crippen LogP contribution in [0.4, 0.5) is 9.59 Å². The van der Waals surface area contributed by atoms with Crippen LogP contribution >= 0.6 is 0 Å². The summed E-state index contributed by atoms with van der Waals surface area (Å²) in [4.78, 5) is 50.0. The number of ether oxygens (including phenoxy) is 6. The maximum Gasteiger partial charge on any atom is 0.513 e. The van der Waals surface area contributed by atoms with Gasteiger partial charge < -0.3 is 34.2 Å². The minimum Gasteiger partial charge on any atom is -0.468 e. The van der Waals surface area contributed by atoms with Crippen LogP contribution in [0.5, 0.6) is 11.5 Å². The predicted molar refractivity (Wildman–Crippen MR) is 156 cm³/mol. The van der Waals surface area contributed by atoms with Gasteiger partial charge in [0.05, 0.1) is 26.2 Å². The Kier molecular flexibility index (Phi) is 15.9. The standard InChI is InChI=1S/C31H49NO10/c1-9-12-22(6)27(33)40-23(7)16-31(32,28(34)37-8)17-24-13-14-25(41-29(35)38-18-20(4)10-2)26(15-24)42-30(36)39-19-21(5)11-3/h13-15,20-23H,9-12,16-19,32H2,1-8H3/t20?,21?,22?,23?,31-/m1/s1. The lowest BCUT2D eigenvalue weighted by atomic mass is 9.86. The highest BCUT2D eigenvalue weighted by atomic mass is 16.7. The summed E-state index contributed by atoms with van der Waals surface area (Å²) in [5, 5.41) is 0. The summed E-state index contributed by atoms with van der Waals surface area (Å²) in [6.45, 7) is 13.5. The van der Waals surface area contributed by atoms with Gasteiger partial charge in [-0.3, -0.25) is 9.59 Å². The molecule has 1 rings (SSSR count). The van der Waals surface area contributed by atoms with Crippen LogP contribution in [-0.2, 0) is 35.0 Å². The fourth-order valence-corrected chi connectivity index (χ4v) is 3.94. The zero-order valence-corrected chi connectivity index (χ0v) is 26.4. The van der Waals surface area contributed by atoms with E-state index in [0.717, 1.165) is 19.3 Å². The molecule has 0 bridgehead atoms. The van der Waals surface area contributed by atoms with Crippen molar-refractivity contribution in [1.29, 1.82) is 0 Å². The molecule has 42 heavy (non-hydrogen) atoms. The van der Waals surface area contributed by atoms with Gasteiger partial charge in [-0.15, -0.1) is 0 Å². The van der Waals surface area contributed by atoms with Gasteiger partial charge in [0.2, 0.25) is 0 Å². The number of hydrogen-bond acceptors (Lipinski definition) is 11. The smallest absolute Gasteiger partial charge is 0.468 e. The molecule has 1 aromatic rings. The van der Waals surface area contributed by atoms with Crippen LogP contribution in [0.15, 0.2) is 18.2 Å². The van der Waals surface area contributed by atoms with E-state index in [4.69, 9.17) is 34.2 Å². The zero-order valence-electron chi connectivity index (χ0n) is 26.4. The van der Waals surface area contributed by atoms with Crippen LogP contribution in [0.1, 0.15) is 86.1 Å². The molecule has 0 spiro atoms. The van der Waals surface area contributed by atoms with Crippen molar-refractivity contribution in [3.05, 3.63) is 23.8 Å². The largest absolute Gasteiger partial charge is 0.513 e. The van der Waals surface area contributed by atoms with Crippen molar-refractivity contribution in [2.75, 3.05) is 20.3 Å². The Bertz CT molecular complexity index is 1030. The first-order valence-corrected chi connectivity index (χ1v) is 14.7. The molecule has 0 radical (unpaired) electrons. The molecule has 0 aliphatic heterocycles. The number of carbonyl (C=O) groups is 4. The first-order chi connectivity index (χ1) is 19.8. The Hall–Kier alpha value is -3.34. The lowest BCUT2D eigenvalue weighted by molar-refractivity contribution is -0.157. The molecule has 1 aromatic carbocycles. The number of carbonyl (C=O) groups excluding carboxylic acids is 4. The molecule has 4 unspecified atom stereocenters. The van der Waals surface area contributed by atoms with E-state index in [1.165, 1.54) is 19.2 Å². The van der Waals surface area contributed by atoms with Crippen molar-refractivity contribution in [3.63, 3.8) is 0 Å². The van der Waals surface area contributed by atoms with Gasteiger partial charge in [0, 0.05) is 12.8 Å². The average Bonchev–Trinajstić information content (AvgIpc) is 2.95. The molecule has 238 valence electrons. The highest BCUT2D eigenvalue weighted by Crippen LogP contribution is 2.32. The molecule has 11 nitrogen and oxygen atoms in total. The van der Waals surface area contributed by atoms with E-state index >= 15 is 0 Å². The Morgan fingerprint density at radius 3 is 1.90 bits per heavy atom. The average molecular weight is 596 g/mol. The Morgan fingerprint density at radius 2 is 1.40 bits per heavy atom. The van der Waals surface area contributed by atoms with Gasteiger partial charge in [0.25, 0.3) is 0 Å². The second-order valence-electron chi connectivity index (χ2n) is 11.1. The third-order valence-electron chi connectivity index (χ3n) is 6.96. The number of rotatable bonds is 17. The van der Waals surface area contributed by atoms with E-state index < -0.39 is 29.9 Å². The minimum atomic E-state index is -1.59. The van der Waals surface area contributed by atoms with E-state index in [1.807, 2.05) is 34.6 Å². The van der Waals surface area contributed by atoms with Gasteiger partial charge in [-0.05, 0) is 42.9 Å². The normalized spacial score (nSPS) is 15.3. The van der Waals surface area contributed by atoms with Crippen LogP contribution in [0, 0.1) is 17.8 Å². The minimum absolute atomic E-state index is 0.0302. The lowest BCUT2D eigenvalue weighted by Gasteiger charge is -2.30. The van der Waals surface area contributed by atoms with Gasteiger partial charge in [-0.1, -0.05) is 66.9 Å². The quantitative estimate of drug-likeness (QED) is 0.129. The van der Waals surface area contributed by atoms with Crippen molar-refractivity contribution in [3.8, 4) is 11.5 Å². The van der Waals surface area contributed by atoms with Crippen LogP contribution in [0.3, 0.4) is 0 Å². The number of esters is 2. The fourth-order valence-electron chi connectivity index (χ4n) is 3.94. The van der Waals surface area contributed by atoms with Gasteiger partial charge in [0.15, 0.2) is 11.5 Å². The first kappa shape index (κ1) is 36.7. The second-order valence-corrected chi connectivity index (χ2v) is 11.1. The molecular weight excluding hydrogens is 546 g/mol. The molecule has 11 heteroatoms. The summed E-state index contributed by atoms with van der Waals surface area (Å²) in [6, 6.07) is 4.40. The number of methoxy groups -OCH3 is 1. The summed E-state index contributed by atoms with van der Waals surface area (Å²) in [6.07, 6.45) is 0.397. The summed E-state index contributed by atoms with van der Waals surface area (Å²) in [5.74, 6) is -1.32. The van der Waals surface area contributed by atoms with Gasteiger partial charge >= 0.3 is 24.2 Å². The summed E-state index contributed by atoms with van der Waals surface area (Å²) < 4.78 is 31.6. The van der Waals surface area contributed by atoms with E-state index in [1.54, 1.807) is 19.9 Å². The number of benzene rings is 1. The van der Waals surface area contributed by atoms with E-state index in [9.17, 15) is 19.2 Å². The van der Waals surface area contributed by atoms with Crippen LogP contribution in [-0.4, -0.2) is 56.2 Å². The topological polar surface area (TPSA) is 150 Å². The molecular formula is C31H49NO10. The molecule has 0 saturated carbocycles. The van der Waals surface area contributed by atoms with E-state index in [-0.39, 0.29) is 61.3 Å². The molecule has 2 N–H and O–H groups in total. The van der Waals surface area contributed by atoms with Crippen LogP contribution in [0.25, 0.3) is 0 Å². The Morgan fingerprint density at radius 1 is 0.857 bits per heavy atom. The zero-order chi connectivity index (χ0) is 31.9.